The lowest BCUT2D eigenvalue weighted by Gasteiger charge is -2.22. The summed E-state index contributed by atoms with van der Waals surface area (Å²) in [5, 5.41) is 0. The van der Waals surface area contributed by atoms with E-state index in [9.17, 15) is 8.42 Å². The van der Waals surface area contributed by atoms with E-state index in [4.69, 9.17) is 4.42 Å². The van der Waals surface area contributed by atoms with Crippen LogP contribution in [0.2, 0.25) is 0 Å². The predicted molar refractivity (Wildman–Crippen MR) is 79.6 cm³/mol. The standard InChI is InChI=1S/C15H18N2O3S/c18-21(19,16-12-13-6-2-1-3-7-13)17-10-4-8-14(17)15-9-5-11-20-15/h1-3,5-7,9,11,14,16H,4,8,10,12H2/t14-/m1/s1. The first-order valence-electron chi connectivity index (χ1n) is 7.00. The van der Waals surface area contributed by atoms with Crippen LogP contribution in [-0.4, -0.2) is 19.3 Å². The highest BCUT2D eigenvalue weighted by atomic mass is 32.2. The van der Waals surface area contributed by atoms with Crippen molar-refractivity contribution in [3.63, 3.8) is 0 Å². The molecule has 2 heterocycles. The third kappa shape index (κ3) is 3.18. The summed E-state index contributed by atoms with van der Waals surface area (Å²) in [6, 6.07) is 12.9. The van der Waals surface area contributed by atoms with Crippen LogP contribution in [0.15, 0.2) is 53.1 Å². The molecule has 0 radical (unpaired) electrons. The highest BCUT2D eigenvalue weighted by Gasteiger charge is 2.36. The molecule has 0 amide bonds. The topological polar surface area (TPSA) is 62.6 Å². The first kappa shape index (κ1) is 14.3. The summed E-state index contributed by atoms with van der Waals surface area (Å²) in [6.07, 6.45) is 3.22. The number of hydrogen-bond donors (Lipinski definition) is 1. The smallest absolute Gasteiger partial charge is 0.280 e. The van der Waals surface area contributed by atoms with Gasteiger partial charge in [0.2, 0.25) is 0 Å². The fourth-order valence-corrected chi connectivity index (χ4v) is 4.08. The maximum Gasteiger partial charge on any atom is 0.280 e. The molecule has 1 N–H and O–H groups in total. The minimum atomic E-state index is -3.51. The zero-order chi connectivity index (χ0) is 14.7. The van der Waals surface area contributed by atoms with Crippen LogP contribution in [0.5, 0.6) is 0 Å². The third-order valence-electron chi connectivity index (χ3n) is 3.69. The largest absolute Gasteiger partial charge is 0.468 e. The molecule has 1 aliphatic rings. The number of nitrogens with zero attached hydrogens (tertiary/aromatic N) is 1. The lowest BCUT2D eigenvalue weighted by atomic mass is 10.2. The van der Waals surface area contributed by atoms with Crippen LogP contribution in [0, 0.1) is 0 Å². The zero-order valence-corrected chi connectivity index (χ0v) is 12.4. The van der Waals surface area contributed by atoms with E-state index in [1.54, 1.807) is 12.3 Å². The van der Waals surface area contributed by atoms with E-state index in [-0.39, 0.29) is 6.04 Å². The van der Waals surface area contributed by atoms with Gasteiger partial charge in [-0.3, -0.25) is 0 Å². The minimum Gasteiger partial charge on any atom is -0.468 e. The summed E-state index contributed by atoms with van der Waals surface area (Å²) >= 11 is 0. The van der Waals surface area contributed by atoms with Gasteiger partial charge < -0.3 is 4.42 Å². The second-order valence-electron chi connectivity index (χ2n) is 5.10. The normalized spacial score (nSPS) is 19.9. The van der Waals surface area contributed by atoms with Crippen molar-refractivity contribution in [1.29, 1.82) is 0 Å². The van der Waals surface area contributed by atoms with Gasteiger partial charge in [0.25, 0.3) is 10.2 Å². The molecule has 0 spiro atoms. The lowest BCUT2D eigenvalue weighted by molar-refractivity contribution is 0.335. The molecule has 3 rings (SSSR count). The van der Waals surface area contributed by atoms with Gasteiger partial charge in [-0.15, -0.1) is 0 Å². The van der Waals surface area contributed by atoms with Crippen LogP contribution < -0.4 is 4.72 Å². The lowest BCUT2D eigenvalue weighted by Crippen LogP contribution is -2.39. The van der Waals surface area contributed by atoms with E-state index < -0.39 is 10.2 Å². The predicted octanol–water partition coefficient (Wildman–Crippen LogP) is 2.45. The Kier molecular flexibility index (Phi) is 4.10. The molecule has 1 aliphatic heterocycles. The number of hydrogen-bond acceptors (Lipinski definition) is 3. The highest BCUT2D eigenvalue weighted by molar-refractivity contribution is 7.87. The Balaban J connectivity index is 1.72. The van der Waals surface area contributed by atoms with Crippen molar-refractivity contribution in [2.45, 2.75) is 25.4 Å². The van der Waals surface area contributed by atoms with Crippen molar-refractivity contribution in [1.82, 2.24) is 9.03 Å². The van der Waals surface area contributed by atoms with Gasteiger partial charge in [0.15, 0.2) is 0 Å². The Morgan fingerprint density at radius 1 is 1.19 bits per heavy atom. The van der Waals surface area contributed by atoms with E-state index >= 15 is 0 Å². The molecular weight excluding hydrogens is 288 g/mol. The van der Waals surface area contributed by atoms with E-state index in [0.29, 0.717) is 18.8 Å². The molecule has 21 heavy (non-hydrogen) atoms. The summed E-state index contributed by atoms with van der Waals surface area (Å²) in [4.78, 5) is 0. The number of nitrogens with one attached hydrogen (secondary N) is 1. The van der Waals surface area contributed by atoms with Crippen LogP contribution in [0.4, 0.5) is 0 Å². The number of rotatable bonds is 5. The molecule has 1 fully saturated rings. The molecule has 0 bridgehead atoms. The van der Waals surface area contributed by atoms with Gasteiger partial charge in [-0.25, -0.2) is 0 Å². The Morgan fingerprint density at radius 2 is 2.00 bits per heavy atom. The molecule has 0 unspecified atom stereocenters. The van der Waals surface area contributed by atoms with Crippen molar-refractivity contribution in [2.75, 3.05) is 6.54 Å². The zero-order valence-electron chi connectivity index (χ0n) is 11.6. The molecule has 6 heteroatoms. The van der Waals surface area contributed by atoms with Crippen LogP contribution in [0.3, 0.4) is 0 Å². The Hall–Kier alpha value is -1.63. The van der Waals surface area contributed by atoms with Gasteiger partial charge in [-0.2, -0.15) is 17.4 Å². The number of furan rings is 1. The van der Waals surface area contributed by atoms with E-state index in [2.05, 4.69) is 4.72 Å². The minimum absolute atomic E-state index is 0.201. The van der Waals surface area contributed by atoms with Gasteiger partial charge in [0, 0.05) is 13.1 Å². The summed E-state index contributed by atoms with van der Waals surface area (Å²) in [5.74, 6) is 0.706. The Labute approximate surface area is 124 Å². The summed E-state index contributed by atoms with van der Waals surface area (Å²) < 4.78 is 34.5. The molecular formula is C15H18N2O3S. The summed E-state index contributed by atoms with van der Waals surface area (Å²) in [7, 11) is -3.51. The second-order valence-corrected chi connectivity index (χ2v) is 6.80. The second kappa shape index (κ2) is 6.01. The van der Waals surface area contributed by atoms with Gasteiger partial charge >= 0.3 is 0 Å². The van der Waals surface area contributed by atoms with Crippen LogP contribution in [0.1, 0.15) is 30.2 Å². The monoisotopic (exact) mass is 306 g/mol. The third-order valence-corrected chi connectivity index (χ3v) is 5.25. The van der Waals surface area contributed by atoms with Crippen molar-refractivity contribution in [3.05, 3.63) is 60.1 Å². The number of benzene rings is 1. The van der Waals surface area contributed by atoms with Crippen LogP contribution >= 0.6 is 0 Å². The average Bonchev–Trinajstić information content (AvgIpc) is 3.16. The maximum atomic E-state index is 12.5. The molecule has 0 saturated carbocycles. The molecule has 0 aliphatic carbocycles. The van der Waals surface area contributed by atoms with Crippen molar-refractivity contribution < 1.29 is 12.8 Å². The van der Waals surface area contributed by atoms with Crippen LogP contribution in [0.25, 0.3) is 0 Å². The first-order chi connectivity index (χ1) is 10.2. The van der Waals surface area contributed by atoms with E-state index in [0.717, 1.165) is 18.4 Å². The average molecular weight is 306 g/mol. The molecule has 2 aromatic rings. The first-order valence-corrected chi connectivity index (χ1v) is 8.44. The molecule has 1 saturated heterocycles. The van der Waals surface area contributed by atoms with Crippen molar-refractivity contribution in [3.8, 4) is 0 Å². The molecule has 112 valence electrons. The highest BCUT2D eigenvalue weighted by Crippen LogP contribution is 2.33. The maximum absolute atomic E-state index is 12.5. The Morgan fingerprint density at radius 3 is 2.71 bits per heavy atom. The molecule has 1 atom stereocenters. The van der Waals surface area contributed by atoms with Gasteiger partial charge in [0.1, 0.15) is 5.76 Å². The fraction of sp³-hybridized carbons (Fsp3) is 0.333. The summed E-state index contributed by atoms with van der Waals surface area (Å²) in [6.45, 7) is 0.819. The van der Waals surface area contributed by atoms with Crippen molar-refractivity contribution >= 4 is 10.2 Å². The summed E-state index contributed by atoms with van der Waals surface area (Å²) in [5.41, 5.74) is 0.940. The molecule has 1 aromatic carbocycles. The SMILES string of the molecule is O=S(=O)(NCc1ccccc1)N1CCC[C@@H]1c1ccco1. The Bertz CT molecular complexity index is 668. The van der Waals surface area contributed by atoms with Crippen molar-refractivity contribution in [2.24, 2.45) is 0 Å². The van der Waals surface area contributed by atoms with Gasteiger partial charge in [-0.05, 0) is 30.5 Å². The van der Waals surface area contributed by atoms with Gasteiger partial charge in [0.05, 0.1) is 12.3 Å². The fourth-order valence-electron chi connectivity index (χ4n) is 2.65. The van der Waals surface area contributed by atoms with Gasteiger partial charge in [-0.1, -0.05) is 30.3 Å². The molecule has 5 nitrogen and oxygen atoms in total. The molecule has 1 aromatic heterocycles. The van der Waals surface area contributed by atoms with E-state index in [1.807, 2.05) is 36.4 Å². The van der Waals surface area contributed by atoms with Crippen LogP contribution in [-0.2, 0) is 16.8 Å². The van der Waals surface area contributed by atoms with E-state index in [1.165, 1.54) is 4.31 Å². The quantitative estimate of drug-likeness (QED) is 0.923.